The van der Waals surface area contributed by atoms with Crippen molar-refractivity contribution in [1.82, 2.24) is 19.5 Å². The monoisotopic (exact) mass is 497 g/mol. The second-order valence-corrected chi connectivity index (χ2v) is 8.30. The fourth-order valence-corrected chi connectivity index (χ4v) is 3.93. The lowest BCUT2D eigenvalue weighted by Gasteiger charge is -2.35. The van der Waals surface area contributed by atoms with Crippen molar-refractivity contribution in [3.63, 3.8) is 0 Å². The topological polar surface area (TPSA) is 125 Å². The Hall–Kier alpha value is -2.82. The highest BCUT2D eigenvalue weighted by molar-refractivity contribution is 6.30. The van der Waals surface area contributed by atoms with E-state index in [0.29, 0.717) is 22.2 Å². The molecule has 0 radical (unpaired) electrons. The number of hydrogen-bond acceptors (Lipinski definition) is 6. The predicted molar refractivity (Wildman–Crippen MR) is 124 cm³/mol. The van der Waals surface area contributed by atoms with E-state index < -0.39 is 23.8 Å². The van der Waals surface area contributed by atoms with Gasteiger partial charge in [-0.05, 0) is 24.6 Å². The van der Waals surface area contributed by atoms with Crippen LogP contribution in [0, 0.1) is 6.92 Å². The highest BCUT2D eigenvalue weighted by Gasteiger charge is 2.45. The number of anilines is 1. The lowest BCUT2D eigenvalue weighted by molar-refractivity contribution is -0.0794. The molecule has 0 saturated heterocycles. The summed E-state index contributed by atoms with van der Waals surface area (Å²) in [5.41, 5.74) is 13.1. The number of primary amides is 1. The molecule has 1 amide bonds. The molecule has 33 heavy (non-hydrogen) atoms. The van der Waals surface area contributed by atoms with Gasteiger partial charge in [0.15, 0.2) is 0 Å². The van der Waals surface area contributed by atoms with Crippen LogP contribution in [0.4, 0.5) is 14.7 Å². The van der Waals surface area contributed by atoms with E-state index in [-0.39, 0.29) is 43.4 Å². The quantitative estimate of drug-likeness (QED) is 0.459. The number of nitrogens with two attached hydrogens (primary N) is 2. The molecule has 1 atom stereocenters. The van der Waals surface area contributed by atoms with Crippen molar-refractivity contribution in [2.75, 3.05) is 11.9 Å². The molecule has 2 aromatic heterocycles. The third-order valence-electron chi connectivity index (χ3n) is 5.38. The second kappa shape index (κ2) is 9.58. The molecule has 1 aromatic carbocycles. The van der Waals surface area contributed by atoms with Crippen molar-refractivity contribution in [1.29, 1.82) is 0 Å². The van der Waals surface area contributed by atoms with Crippen molar-refractivity contribution in [2.24, 2.45) is 11.5 Å². The van der Waals surface area contributed by atoms with Gasteiger partial charge in [-0.1, -0.05) is 23.7 Å². The molecule has 0 spiro atoms. The van der Waals surface area contributed by atoms with Gasteiger partial charge in [-0.25, -0.2) is 18.7 Å². The number of imidazole rings is 1. The highest BCUT2D eigenvalue weighted by atomic mass is 35.5. The molecule has 1 saturated carbocycles. The Balaban J connectivity index is 0.00000306. The molecule has 3 aromatic rings. The molecule has 0 bridgehead atoms. The SMILES string of the molecule is Cc1cnc(NC2CC(F)(F)C2)nc1-n1cc(C(N)=O)nc1C(CN)c1cccc(Cl)c1.Cl. The zero-order valence-corrected chi connectivity index (χ0v) is 19.2. The number of benzene rings is 1. The summed E-state index contributed by atoms with van der Waals surface area (Å²) in [5, 5.41) is 3.47. The highest BCUT2D eigenvalue weighted by Crippen LogP contribution is 2.38. The minimum Gasteiger partial charge on any atom is -0.364 e. The van der Waals surface area contributed by atoms with Crippen molar-refractivity contribution in [3.8, 4) is 5.82 Å². The van der Waals surface area contributed by atoms with Gasteiger partial charge in [-0.3, -0.25) is 9.36 Å². The first-order valence-corrected chi connectivity index (χ1v) is 10.4. The van der Waals surface area contributed by atoms with Crippen LogP contribution in [0.1, 0.15) is 46.2 Å². The first-order valence-electron chi connectivity index (χ1n) is 10.00. The molecule has 0 aliphatic heterocycles. The van der Waals surface area contributed by atoms with Crippen LogP contribution in [0.3, 0.4) is 0 Å². The molecule has 8 nitrogen and oxygen atoms in total. The minimum absolute atomic E-state index is 0. The van der Waals surface area contributed by atoms with E-state index in [9.17, 15) is 13.6 Å². The lowest BCUT2D eigenvalue weighted by Crippen LogP contribution is -2.44. The van der Waals surface area contributed by atoms with Crippen molar-refractivity contribution in [2.45, 2.75) is 37.6 Å². The molecule has 1 unspecified atom stereocenters. The predicted octanol–water partition coefficient (Wildman–Crippen LogP) is 3.45. The van der Waals surface area contributed by atoms with Crippen LogP contribution in [-0.4, -0.2) is 43.9 Å². The van der Waals surface area contributed by atoms with Crippen molar-refractivity contribution in [3.05, 3.63) is 64.3 Å². The number of amides is 1. The molecule has 1 aliphatic rings. The van der Waals surface area contributed by atoms with E-state index in [1.807, 2.05) is 6.07 Å². The second-order valence-electron chi connectivity index (χ2n) is 7.87. The Morgan fingerprint density at radius 3 is 2.70 bits per heavy atom. The number of aromatic nitrogens is 4. The number of alkyl halides is 2. The maximum atomic E-state index is 13.2. The van der Waals surface area contributed by atoms with Crippen molar-refractivity contribution < 1.29 is 13.6 Å². The molecule has 12 heteroatoms. The number of aryl methyl sites for hydroxylation is 1. The summed E-state index contributed by atoms with van der Waals surface area (Å²) in [6.45, 7) is 1.98. The molecular formula is C21H23Cl2F2N7O. The fourth-order valence-electron chi connectivity index (χ4n) is 3.73. The maximum absolute atomic E-state index is 13.2. The van der Waals surface area contributed by atoms with Crippen LogP contribution in [0.15, 0.2) is 36.7 Å². The Morgan fingerprint density at radius 2 is 2.09 bits per heavy atom. The van der Waals surface area contributed by atoms with Crippen LogP contribution in [0.25, 0.3) is 5.82 Å². The Kier molecular flexibility index (Phi) is 7.20. The Morgan fingerprint density at radius 1 is 1.36 bits per heavy atom. The zero-order valence-electron chi connectivity index (χ0n) is 17.6. The number of nitrogens with one attached hydrogen (secondary N) is 1. The summed E-state index contributed by atoms with van der Waals surface area (Å²) in [6.07, 6.45) is 2.52. The van der Waals surface area contributed by atoms with E-state index in [2.05, 4.69) is 20.3 Å². The summed E-state index contributed by atoms with van der Waals surface area (Å²) in [4.78, 5) is 25.0. The third kappa shape index (κ3) is 5.23. The van der Waals surface area contributed by atoms with Gasteiger partial charge in [-0.2, -0.15) is 4.98 Å². The standard InChI is InChI=1S/C21H22ClF2N7O.ClH/c1-11-9-27-20(28-14-6-21(23,24)7-14)30-18(11)31-10-16(17(26)32)29-19(31)15(8-25)12-3-2-4-13(22)5-12;/h2-5,9-10,14-15H,6-8,25H2,1H3,(H2,26,32)(H,27,28,30);1H. The normalized spacial score (nSPS) is 15.9. The number of hydrogen-bond donors (Lipinski definition) is 3. The summed E-state index contributed by atoms with van der Waals surface area (Å²) in [6, 6.07) is 6.78. The number of rotatable bonds is 7. The smallest absolute Gasteiger partial charge is 0.268 e. The largest absolute Gasteiger partial charge is 0.364 e. The van der Waals surface area contributed by atoms with Gasteiger partial charge in [0.2, 0.25) is 5.95 Å². The lowest BCUT2D eigenvalue weighted by atomic mass is 9.88. The van der Waals surface area contributed by atoms with Gasteiger partial charge in [0.25, 0.3) is 11.8 Å². The van der Waals surface area contributed by atoms with E-state index in [1.165, 1.54) is 6.20 Å². The molecule has 4 rings (SSSR count). The summed E-state index contributed by atoms with van der Waals surface area (Å²) >= 11 is 6.16. The maximum Gasteiger partial charge on any atom is 0.268 e. The first kappa shape index (κ1) is 24.8. The molecule has 2 heterocycles. The number of carbonyl (C=O) groups is 1. The van der Waals surface area contributed by atoms with Gasteiger partial charge in [0.05, 0.1) is 5.92 Å². The van der Waals surface area contributed by atoms with Crippen LogP contribution >= 0.6 is 24.0 Å². The van der Waals surface area contributed by atoms with Crippen LogP contribution < -0.4 is 16.8 Å². The minimum atomic E-state index is -2.66. The summed E-state index contributed by atoms with van der Waals surface area (Å²) < 4.78 is 28.0. The Bertz CT molecular complexity index is 1160. The van der Waals surface area contributed by atoms with Crippen LogP contribution in [0.2, 0.25) is 5.02 Å². The average Bonchev–Trinajstić information content (AvgIpc) is 3.14. The van der Waals surface area contributed by atoms with Gasteiger partial charge < -0.3 is 16.8 Å². The summed E-state index contributed by atoms with van der Waals surface area (Å²) in [5.74, 6) is -2.68. The van der Waals surface area contributed by atoms with Gasteiger partial charge in [0.1, 0.15) is 17.3 Å². The molecule has 5 N–H and O–H groups in total. The van der Waals surface area contributed by atoms with Crippen molar-refractivity contribution >= 4 is 35.9 Å². The number of nitrogens with zero attached hydrogens (tertiary/aromatic N) is 4. The van der Waals surface area contributed by atoms with E-state index in [0.717, 1.165) is 5.56 Å². The first-order chi connectivity index (χ1) is 15.2. The molecule has 176 valence electrons. The van der Waals surface area contributed by atoms with Gasteiger partial charge >= 0.3 is 0 Å². The van der Waals surface area contributed by atoms with Gasteiger partial charge in [-0.15, -0.1) is 12.4 Å². The summed E-state index contributed by atoms with van der Waals surface area (Å²) in [7, 11) is 0. The molecular weight excluding hydrogens is 475 g/mol. The van der Waals surface area contributed by atoms with Crippen LogP contribution in [-0.2, 0) is 0 Å². The van der Waals surface area contributed by atoms with E-state index in [1.54, 1.807) is 35.9 Å². The number of carbonyl (C=O) groups excluding carboxylic acids is 1. The number of halogens is 4. The van der Waals surface area contributed by atoms with Crippen LogP contribution in [0.5, 0.6) is 0 Å². The fraction of sp³-hybridized carbons (Fsp3) is 0.333. The Labute approximate surface area is 200 Å². The zero-order chi connectivity index (χ0) is 23.0. The third-order valence-corrected chi connectivity index (χ3v) is 5.62. The molecule has 1 aliphatic carbocycles. The van der Waals surface area contributed by atoms with Gasteiger partial charge in [0, 0.05) is 48.4 Å². The average molecular weight is 498 g/mol. The molecule has 1 fully saturated rings. The van der Waals surface area contributed by atoms with E-state index in [4.69, 9.17) is 23.1 Å². The van der Waals surface area contributed by atoms with E-state index >= 15 is 0 Å².